The Hall–Kier alpha value is -1.49. The lowest BCUT2D eigenvalue weighted by atomic mass is 10.1. The van der Waals surface area contributed by atoms with Gasteiger partial charge in [0, 0.05) is 16.5 Å². The molecule has 1 aromatic rings. The van der Waals surface area contributed by atoms with E-state index in [1.807, 2.05) is 31.4 Å². The molecule has 5 heteroatoms. The second kappa shape index (κ2) is 7.19. The zero-order valence-corrected chi connectivity index (χ0v) is 12.5. The second-order valence-electron chi connectivity index (χ2n) is 4.34. The first-order chi connectivity index (χ1) is 8.97. The van der Waals surface area contributed by atoms with Gasteiger partial charge in [-0.1, -0.05) is 6.07 Å². The van der Waals surface area contributed by atoms with E-state index in [0.29, 0.717) is 5.56 Å². The normalized spacial score (nSPS) is 11.8. The van der Waals surface area contributed by atoms with Crippen LogP contribution >= 0.6 is 11.8 Å². The molecule has 0 saturated carbocycles. The number of hydrogen-bond acceptors (Lipinski definition) is 4. The zero-order chi connectivity index (χ0) is 14.4. The first-order valence-electron chi connectivity index (χ1n) is 6.00. The van der Waals surface area contributed by atoms with Crippen molar-refractivity contribution in [3.63, 3.8) is 0 Å². The number of thioether (sulfide) groups is 1. The van der Waals surface area contributed by atoms with Gasteiger partial charge < -0.3 is 10.1 Å². The molecule has 0 aliphatic heterocycles. The van der Waals surface area contributed by atoms with Crippen LogP contribution in [-0.4, -0.2) is 31.3 Å². The SMILES string of the molecule is COC(=O)CC(C)NC(=O)c1cc(SC)ccc1C. The fourth-order valence-corrected chi connectivity index (χ4v) is 2.10. The van der Waals surface area contributed by atoms with Crippen molar-refractivity contribution in [2.45, 2.75) is 31.2 Å². The molecule has 19 heavy (non-hydrogen) atoms. The van der Waals surface area contributed by atoms with Crippen molar-refractivity contribution < 1.29 is 14.3 Å². The number of ether oxygens (including phenoxy) is 1. The van der Waals surface area contributed by atoms with Crippen LogP contribution in [0, 0.1) is 6.92 Å². The van der Waals surface area contributed by atoms with Crippen LogP contribution in [0.25, 0.3) is 0 Å². The van der Waals surface area contributed by atoms with Crippen molar-refractivity contribution in [1.82, 2.24) is 5.32 Å². The van der Waals surface area contributed by atoms with Gasteiger partial charge in [-0.3, -0.25) is 9.59 Å². The summed E-state index contributed by atoms with van der Waals surface area (Å²) in [4.78, 5) is 24.3. The van der Waals surface area contributed by atoms with Gasteiger partial charge in [0.25, 0.3) is 5.91 Å². The second-order valence-corrected chi connectivity index (χ2v) is 5.22. The third-order valence-corrected chi connectivity index (χ3v) is 3.49. The molecule has 1 unspecified atom stereocenters. The van der Waals surface area contributed by atoms with Crippen LogP contribution in [0.3, 0.4) is 0 Å². The highest BCUT2D eigenvalue weighted by molar-refractivity contribution is 7.98. The van der Waals surface area contributed by atoms with Crippen molar-refractivity contribution in [3.05, 3.63) is 29.3 Å². The molecule has 1 N–H and O–H groups in total. The monoisotopic (exact) mass is 281 g/mol. The maximum absolute atomic E-state index is 12.1. The van der Waals surface area contributed by atoms with Crippen LogP contribution in [0.1, 0.15) is 29.3 Å². The summed E-state index contributed by atoms with van der Waals surface area (Å²) in [6.45, 7) is 3.67. The quantitative estimate of drug-likeness (QED) is 0.665. The summed E-state index contributed by atoms with van der Waals surface area (Å²) in [7, 11) is 1.34. The Labute approximate surface area is 117 Å². The highest BCUT2D eigenvalue weighted by Crippen LogP contribution is 2.19. The molecular formula is C14H19NO3S. The molecule has 0 aliphatic carbocycles. The molecule has 1 amide bonds. The van der Waals surface area contributed by atoms with Gasteiger partial charge in [0.1, 0.15) is 0 Å². The minimum absolute atomic E-state index is 0.162. The standard InChI is InChI=1S/C14H19NO3S/c1-9-5-6-11(19-4)8-12(9)14(17)15-10(2)7-13(16)18-3/h5-6,8,10H,7H2,1-4H3,(H,15,17). The van der Waals surface area contributed by atoms with Crippen LogP contribution in [0.4, 0.5) is 0 Å². The number of hydrogen-bond donors (Lipinski definition) is 1. The summed E-state index contributed by atoms with van der Waals surface area (Å²) in [5, 5.41) is 2.80. The Bertz CT molecular complexity index is 474. The molecule has 0 spiro atoms. The topological polar surface area (TPSA) is 55.4 Å². The lowest BCUT2D eigenvalue weighted by Crippen LogP contribution is -2.34. The van der Waals surface area contributed by atoms with Gasteiger partial charge in [-0.2, -0.15) is 0 Å². The van der Waals surface area contributed by atoms with E-state index in [1.165, 1.54) is 7.11 Å². The summed E-state index contributed by atoms with van der Waals surface area (Å²) in [5.41, 5.74) is 1.56. The van der Waals surface area contributed by atoms with Crippen LogP contribution in [-0.2, 0) is 9.53 Å². The van der Waals surface area contributed by atoms with Crippen molar-refractivity contribution in [3.8, 4) is 0 Å². The minimum Gasteiger partial charge on any atom is -0.469 e. The summed E-state index contributed by atoms with van der Waals surface area (Å²) in [6, 6.07) is 5.51. The van der Waals surface area contributed by atoms with Gasteiger partial charge in [-0.25, -0.2) is 0 Å². The van der Waals surface area contributed by atoms with Gasteiger partial charge in [-0.05, 0) is 37.8 Å². The summed E-state index contributed by atoms with van der Waals surface area (Å²) >= 11 is 1.59. The minimum atomic E-state index is -0.331. The molecule has 104 valence electrons. The summed E-state index contributed by atoms with van der Waals surface area (Å²) in [6.07, 6.45) is 2.13. The van der Waals surface area contributed by atoms with Crippen molar-refractivity contribution in [1.29, 1.82) is 0 Å². The van der Waals surface area contributed by atoms with Crippen molar-refractivity contribution in [2.75, 3.05) is 13.4 Å². The fourth-order valence-electron chi connectivity index (χ4n) is 1.66. The van der Waals surface area contributed by atoms with E-state index in [9.17, 15) is 9.59 Å². The molecule has 0 aromatic heterocycles. The number of esters is 1. The summed E-state index contributed by atoms with van der Waals surface area (Å²) in [5.74, 6) is -0.493. The van der Waals surface area contributed by atoms with E-state index < -0.39 is 0 Å². The lowest BCUT2D eigenvalue weighted by molar-refractivity contribution is -0.141. The molecule has 1 aromatic carbocycles. The highest BCUT2D eigenvalue weighted by atomic mass is 32.2. The van der Waals surface area contributed by atoms with E-state index in [4.69, 9.17) is 0 Å². The van der Waals surface area contributed by atoms with Crippen LogP contribution in [0.2, 0.25) is 0 Å². The number of carbonyl (C=O) groups is 2. The third-order valence-electron chi connectivity index (χ3n) is 2.77. The molecule has 0 bridgehead atoms. The Balaban J connectivity index is 2.75. The lowest BCUT2D eigenvalue weighted by Gasteiger charge is -2.14. The molecule has 1 rings (SSSR count). The van der Waals surface area contributed by atoms with Gasteiger partial charge >= 0.3 is 5.97 Å². The summed E-state index contributed by atoms with van der Waals surface area (Å²) < 4.78 is 4.57. The zero-order valence-electron chi connectivity index (χ0n) is 11.6. The highest BCUT2D eigenvalue weighted by Gasteiger charge is 2.15. The maximum Gasteiger partial charge on any atom is 0.307 e. The molecule has 0 saturated heterocycles. The first kappa shape index (κ1) is 15.6. The average Bonchev–Trinajstić information content (AvgIpc) is 2.38. The van der Waals surface area contributed by atoms with E-state index >= 15 is 0 Å². The fraction of sp³-hybridized carbons (Fsp3) is 0.429. The van der Waals surface area contributed by atoms with Crippen molar-refractivity contribution in [2.24, 2.45) is 0 Å². The van der Waals surface area contributed by atoms with E-state index in [1.54, 1.807) is 18.7 Å². The van der Waals surface area contributed by atoms with E-state index in [2.05, 4.69) is 10.1 Å². The van der Waals surface area contributed by atoms with Crippen LogP contribution in [0.15, 0.2) is 23.1 Å². The third kappa shape index (κ3) is 4.59. The Morgan fingerprint density at radius 2 is 2.11 bits per heavy atom. The number of nitrogens with one attached hydrogen (secondary N) is 1. The number of benzene rings is 1. The Morgan fingerprint density at radius 3 is 2.68 bits per heavy atom. The Morgan fingerprint density at radius 1 is 1.42 bits per heavy atom. The molecule has 0 aliphatic rings. The van der Waals surface area contributed by atoms with Gasteiger partial charge in [0.05, 0.1) is 13.5 Å². The Kier molecular flexibility index (Phi) is 5.89. The van der Waals surface area contributed by atoms with E-state index in [0.717, 1.165) is 10.5 Å². The van der Waals surface area contributed by atoms with Crippen LogP contribution < -0.4 is 5.32 Å². The van der Waals surface area contributed by atoms with E-state index in [-0.39, 0.29) is 24.3 Å². The maximum atomic E-state index is 12.1. The molecule has 0 heterocycles. The van der Waals surface area contributed by atoms with Crippen molar-refractivity contribution >= 4 is 23.6 Å². The number of methoxy groups -OCH3 is 1. The number of aryl methyl sites for hydroxylation is 1. The molecule has 1 atom stereocenters. The number of carbonyl (C=O) groups excluding carboxylic acids is 2. The van der Waals surface area contributed by atoms with Gasteiger partial charge in [0.2, 0.25) is 0 Å². The van der Waals surface area contributed by atoms with Crippen LogP contribution in [0.5, 0.6) is 0 Å². The first-order valence-corrected chi connectivity index (χ1v) is 7.22. The smallest absolute Gasteiger partial charge is 0.307 e. The molecule has 0 fully saturated rings. The molecule has 4 nitrogen and oxygen atoms in total. The molecule has 0 radical (unpaired) electrons. The predicted octanol–water partition coefficient (Wildman–Crippen LogP) is 2.40. The largest absolute Gasteiger partial charge is 0.469 e. The van der Waals surface area contributed by atoms with Gasteiger partial charge in [0.15, 0.2) is 0 Å². The average molecular weight is 281 g/mol. The van der Waals surface area contributed by atoms with Gasteiger partial charge in [-0.15, -0.1) is 11.8 Å². The number of amides is 1. The number of rotatable bonds is 5. The molecular weight excluding hydrogens is 262 g/mol. The predicted molar refractivity (Wildman–Crippen MR) is 76.5 cm³/mol.